The molecule has 0 aliphatic carbocycles. The normalized spacial score (nSPS) is 9.76. The summed E-state index contributed by atoms with van der Waals surface area (Å²) in [4.78, 5) is 4.76. The number of halogens is 2. The van der Waals surface area contributed by atoms with E-state index >= 15 is 0 Å². The summed E-state index contributed by atoms with van der Waals surface area (Å²) in [5.74, 6) is 0. The van der Waals surface area contributed by atoms with E-state index in [0.29, 0.717) is 0 Å². The second-order valence-electron chi connectivity index (χ2n) is 5.85. The van der Waals surface area contributed by atoms with Gasteiger partial charge in [-0.3, -0.25) is 0 Å². The summed E-state index contributed by atoms with van der Waals surface area (Å²) in [7, 11) is 0. The number of rotatable bonds is 8. The van der Waals surface area contributed by atoms with Gasteiger partial charge in [0.1, 0.15) is 0 Å². The predicted molar refractivity (Wildman–Crippen MR) is 117 cm³/mol. The van der Waals surface area contributed by atoms with Crippen LogP contribution in [0.5, 0.6) is 0 Å². The molecule has 0 atom stereocenters. The summed E-state index contributed by atoms with van der Waals surface area (Å²) in [6.45, 7) is 13.0. The molecule has 4 heteroatoms. The van der Waals surface area contributed by atoms with Crippen LogP contribution in [0.15, 0.2) is 48.5 Å². The smallest absolute Gasteiger partial charge is 0.0366 e. The van der Waals surface area contributed by atoms with Gasteiger partial charge < -0.3 is 9.80 Å². The molecule has 0 saturated heterocycles. The minimum Gasteiger partial charge on any atom is -0.372 e. The predicted octanol–water partition coefficient (Wildman–Crippen LogP) is 5.81. The summed E-state index contributed by atoms with van der Waals surface area (Å²) in [6, 6.07) is 18.0. The third-order valence-corrected chi connectivity index (χ3v) is 4.54. The van der Waals surface area contributed by atoms with Gasteiger partial charge in [0.2, 0.25) is 0 Å². The van der Waals surface area contributed by atoms with Crippen molar-refractivity contribution >= 4 is 36.2 Å². The Morgan fingerprint density at radius 1 is 0.520 bits per heavy atom. The molecule has 0 bridgehead atoms. The molecule has 0 aromatic heterocycles. The number of nitrogens with zero attached hydrogens (tertiary/aromatic N) is 2. The lowest BCUT2D eigenvalue weighted by Crippen LogP contribution is -2.21. The molecular formula is C21H32Cl2N2. The maximum Gasteiger partial charge on any atom is 0.0366 e. The highest BCUT2D eigenvalue weighted by Crippen LogP contribution is 2.19. The molecule has 0 radical (unpaired) electrons. The SMILES string of the molecule is CCN(CC)c1ccc(Cc2ccc(N(CC)CC)cc2)cc1.Cl.Cl. The third-order valence-electron chi connectivity index (χ3n) is 4.54. The Labute approximate surface area is 166 Å². The van der Waals surface area contributed by atoms with Crippen molar-refractivity contribution in [3.8, 4) is 0 Å². The van der Waals surface area contributed by atoms with Crippen molar-refractivity contribution in [2.45, 2.75) is 34.1 Å². The fourth-order valence-electron chi connectivity index (χ4n) is 3.06. The van der Waals surface area contributed by atoms with E-state index in [0.717, 1.165) is 32.6 Å². The van der Waals surface area contributed by atoms with Crippen molar-refractivity contribution in [1.82, 2.24) is 0 Å². The summed E-state index contributed by atoms with van der Waals surface area (Å²) in [5, 5.41) is 0. The van der Waals surface area contributed by atoms with Gasteiger partial charge in [-0.25, -0.2) is 0 Å². The van der Waals surface area contributed by atoms with E-state index in [1.54, 1.807) is 0 Å². The van der Waals surface area contributed by atoms with Crippen molar-refractivity contribution in [3.63, 3.8) is 0 Å². The largest absolute Gasteiger partial charge is 0.372 e. The van der Waals surface area contributed by atoms with Crippen LogP contribution in [0.4, 0.5) is 11.4 Å². The summed E-state index contributed by atoms with van der Waals surface area (Å²) < 4.78 is 0. The van der Waals surface area contributed by atoms with Crippen LogP contribution in [0, 0.1) is 0 Å². The second kappa shape index (κ2) is 12.1. The maximum atomic E-state index is 2.38. The van der Waals surface area contributed by atoms with Crippen LogP contribution in [0.1, 0.15) is 38.8 Å². The Morgan fingerprint density at radius 3 is 1.04 bits per heavy atom. The van der Waals surface area contributed by atoms with Crippen LogP contribution in [-0.4, -0.2) is 26.2 Å². The Bertz CT molecular complexity index is 520. The zero-order valence-electron chi connectivity index (χ0n) is 15.9. The molecule has 0 aliphatic heterocycles. The van der Waals surface area contributed by atoms with Crippen LogP contribution in [0.25, 0.3) is 0 Å². The van der Waals surface area contributed by atoms with Crippen LogP contribution in [0.2, 0.25) is 0 Å². The minimum atomic E-state index is 0. The first-order chi connectivity index (χ1) is 11.2. The highest BCUT2D eigenvalue weighted by Gasteiger charge is 2.04. The van der Waals surface area contributed by atoms with Crippen LogP contribution < -0.4 is 9.80 Å². The van der Waals surface area contributed by atoms with Crippen molar-refractivity contribution in [2.24, 2.45) is 0 Å². The first kappa shape index (κ1) is 23.6. The number of hydrogen-bond donors (Lipinski definition) is 0. The van der Waals surface area contributed by atoms with E-state index < -0.39 is 0 Å². The number of hydrogen-bond acceptors (Lipinski definition) is 2. The molecule has 0 unspecified atom stereocenters. The van der Waals surface area contributed by atoms with Gasteiger partial charge in [-0.15, -0.1) is 24.8 Å². The molecule has 0 fully saturated rings. The summed E-state index contributed by atoms with van der Waals surface area (Å²) in [5.41, 5.74) is 5.37. The second-order valence-corrected chi connectivity index (χ2v) is 5.85. The molecule has 2 aromatic carbocycles. The molecule has 2 aromatic rings. The Balaban J connectivity index is 0.00000288. The Hall–Kier alpha value is -1.38. The van der Waals surface area contributed by atoms with Gasteiger partial charge >= 0.3 is 0 Å². The average molecular weight is 383 g/mol. The molecule has 2 nitrogen and oxygen atoms in total. The van der Waals surface area contributed by atoms with Crippen molar-refractivity contribution in [1.29, 1.82) is 0 Å². The Kier molecular flexibility index (Phi) is 11.4. The van der Waals surface area contributed by atoms with E-state index in [4.69, 9.17) is 0 Å². The van der Waals surface area contributed by atoms with Crippen LogP contribution in [-0.2, 0) is 6.42 Å². The number of benzene rings is 2. The van der Waals surface area contributed by atoms with E-state index in [1.807, 2.05) is 0 Å². The minimum absolute atomic E-state index is 0. The lowest BCUT2D eigenvalue weighted by atomic mass is 10.0. The van der Waals surface area contributed by atoms with Gasteiger partial charge in [-0.2, -0.15) is 0 Å². The van der Waals surface area contributed by atoms with E-state index in [1.165, 1.54) is 22.5 Å². The number of anilines is 2. The van der Waals surface area contributed by atoms with Crippen molar-refractivity contribution in [3.05, 3.63) is 59.7 Å². The first-order valence-corrected chi connectivity index (χ1v) is 8.89. The standard InChI is InChI=1S/C21H30N2.2ClH/c1-5-22(6-2)20-13-9-18(10-14-20)17-19-11-15-21(16-12-19)23(7-3)8-4;;/h9-16H,5-8,17H2,1-4H3;2*1H. The van der Waals surface area contributed by atoms with Crippen LogP contribution >= 0.6 is 24.8 Å². The van der Waals surface area contributed by atoms with E-state index in [2.05, 4.69) is 86.0 Å². The monoisotopic (exact) mass is 382 g/mol. The van der Waals surface area contributed by atoms with Gasteiger partial charge in [-0.1, -0.05) is 24.3 Å². The molecule has 140 valence electrons. The van der Waals surface area contributed by atoms with Crippen molar-refractivity contribution in [2.75, 3.05) is 36.0 Å². The quantitative estimate of drug-likeness (QED) is 0.567. The lowest BCUT2D eigenvalue weighted by molar-refractivity contribution is 0.865. The summed E-state index contributed by atoms with van der Waals surface area (Å²) in [6.07, 6.45) is 0.997. The van der Waals surface area contributed by atoms with Gasteiger partial charge in [0.05, 0.1) is 0 Å². The van der Waals surface area contributed by atoms with Gasteiger partial charge in [0.15, 0.2) is 0 Å². The average Bonchev–Trinajstić information content (AvgIpc) is 2.60. The van der Waals surface area contributed by atoms with E-state index in [-0.39, 0.29) is 24.8 Å². The van der Waals surface area contributed by atoms with Gasteiger partial charge in [-0.05, 0) is 69.5 Å². The fraction of sp³-hybridized carbons (Fsp3) is 0.429. The first-order valence-electron chi connectivity index (χ1n) is 8.89. The third kappa shape index (κ3) is 6.45. The van der Waals surface area contributed by atoms with E-state index in [9.17, 15) is 0 Å². The highest BCUT2D eigenvalue weighted by molar-refractivity contribution is 5.85. The molecule has 0 N–H and O–H groups in total. The summed E-state index contributed by atoms with van der Waals surface area (Å²) >= 11 is 0. The molecule has 0 aliphatic rings. The molecule has 0 amide bonds. The molecular weight excluding hydrogens is 351 g/mol. The highest BCUT2D eigenvalue weighted by atomic mass is 35.5. The van der Waals surface area contributed by atoms with Crippen LogP contribution in [0.3, 0.4) is 0 Å². The molecule has 0 heterocycles. The topological polar surface area (TPSA) is 6.48 Å². The lowest BCUT2D eigenvalue weighted by Gasteiger charge is -2.21. The van der Waals surface area contributed by atoms with Crippen molar-refractivity contribution < 1.29 is 0 Å². The zero-order chi connectivity index (χ0) is 16.7. The zero-order valence-corrected chi connectivity index (χ0v) is 17.5. The van der Waals surface area contributed by atoms with Gasteiger partial charge in [0.25, 0.3) is 0 Å². The molecule has 0 saturated carbocycles. The molecule has 25 heavy (non-hydrogen) atoms. The molecule has 0 spiro atoms. The molecule has 2 rings (SSSR count). The Morgan fingerprint density at radius 2 is 0.800 bits per heavy atom. The maximum absolute atomic E-state index is 2.38. The van der Waals surface area contributed by atoms with Gasteiger partial charge in [0, 0.05) is 37.6 Å². The fourth-order valence-corrected chi connectivity index (χ4v) is 3.06.